The van der Waals surface area contributed by atoms with Crippen molar-refractivity contribution < 1.29 is 27.5 Å². The molecule has 1 unspecified atom stereocenters. The first-order chi connectivity index (χ1) is 19.9. The van der Waals surface area contributed by atoms with Crippen LogP contribution in [-0.2, 0) is 26.2 Å². The summed E-state index contributed by atoms with van der Waals surface area (Å²) in [5, 5.41) is 3.22. The number of hydrogen-bond acceptors (Lipinski definition) is 6. The average Bonchev–Trinajstić information content (AvgIpc) is 2.95. The van der Waals surface area contributed by atoms with Crippen LogP contribution < -0.4 is 19.1 Å². The van der Waals surface area contributed by atoms with E-state index in [4.69, 9.17) is 32.7 Å². The maximum absolute atomic E-state index is 14.2. The molecule has 0 bridgehead atoms. The van der Waals surface area contributed by atoms with Gasteiger partial charge >= 0.3 is 0 Å². The number of benzene rings is 3. The average molecular weight is 637 g/mol. The number of carbonyl (C=O) groups is 2. The van der Waals surface area contributed by atoms with Gasteiger partial charge in [0.25, 0.3) is 10.0 Å². The van der Waals surface area contributed by atoms with Crippen molar-refractivity contribution in [3.63, 3.8) is 0 Å². The number of likely N-dealkylation sites (N-methyl/N-ethyl adjacent to an activating group) is 1. The van der Waals surface area contributed by atoms with Gasteiger partial charge in [0.05, 0.1) is 24.8 Å². The Labute approximate surface area is 257 Å². The maximum atomic E-state index is 14.2. The fourth-order valence-electron chi connectivity index (χ4n) is 4.67. The lowest BCUT2D eigenvalue weighted by Gasteiger charge is -2.33. The molecule has 42 heavy (non-hydrogen) atoms. The minimum Gasteiger partial charge on any atom is -0.493 e. The number of carbonyl (C=O) groups excluding carboxylic acids is 2. The molecule has 0 radical (unpaired) electrons. The van der Waals surface area contributed by atoms with Crippen molar-refractivity contribution in [2.45, 2.75) is 44.7 Å². The van der Waals surface area contributed by atoms with Crippen LogP contribution in [0.2, 0.25) is 10.0 Å². The largest absolute Gasteiger partial charge is 0.493 e. The van der Waals surface area contributed by atoms with Crippen molar-refractivity contribution in [3.05, 3.63) is 81.3 Å². The molecule has 0 saturated carbocycles. The third kappa shape index (κ3) is 7.29. The highest BCUT2D eigenvalue weighted by atomic mass is 35.5. The number of anilines is 1. The van der Waals surface area contributed by atoms with E-state index < -0.39 is 34.4 Å². The van der Waals surface area contributed by atoms with Gasteiger partial charge in [-0.25, -0.2) is 8.42 Å². The van der Waals surface area contributed by atoms with E-state index in [9.17, 15) is 18.0 Å². The summed E-state index contributed by atoms with van der Waals surface area (Å²) in [4.78, 5) is 28.3. The van der Waals surface area contributed by atoms with Gasteiger partial charge in [0.2, 0.25) is 11.8 Å². The van der Waals surface area contributed by atoms with E-state index in [1.165, 1.54) is 44.4 Å². The second-order valence-electron chi connectivity index (χ2n) is 9.63. The Kier molecular flexibility index (Phi) is 11.1. The van der Waals surface area contributed by atoms with Crippen LogP contribution in [0.1, 0.15) is 30.0 Å². The Morgan fingerprint density at radius 3 is 2.05 bits per heavy atom. The van der Waals surface area contributed by atoms with E-state index in [-0.39, 0.29) is 23.6 Å². The van der Waals surface area contributed by atoms with Crippen molar-refractivity contribution >= 4 is 50.7 Å². The fraction of sp³-hybridized carbons (Fsp3) is 0.333. The number of halogens is 2. The van der Waals surface area contributed by atoms with Crippen molar-refractivity contribution in [1.82, 2.24) is 10.2 Å². The van der Waals surface area contributed by atoms with E-state index >= 15 is 0 Å². The summed E-state index contributed by atoms with van der Waals surface area (Å²) in [6.45, 7) is 4.72. The van der Waals surface area contributed by atoms with Gasteiger partial charge < -0.3 is 19.7 Å². The first kappa shape index (κ1) is 33.0. The van der Waals surface area contributed by atoms with Crippen LogP contribution in [0.25, 0.3) is 0 Å². The molecular weight excluding hydrogens is 601 g/mol. The number of rotatable bonds is 12. The van der Waals surface area contributed by atoms with Gasteiger partial charge in [0.15, 0.2) is 11.5 Å². The van der Waals surface area contributed by atoms with Crippen LogP contribution in [0.15, 0.2) is 59.5 Å². The van der Waals surface area contributed by atoms with E-state index in [1.807, 2.05) is 19.9 Å². The topological polar surface area (TPSA) is 105 Å². The predicted molar refractivity (Wildman–Crippen MR) is 165 cm³/mol. The number of hydrogen-bond donors (Lipinski definition) is 1. The summed E-state index contributed by atoms with van der Waals surface area (Å²) in [6.07, 6.45) is 0.263. The second-order valence-corrected chi connectivity index (χ2v) is 12.3. The minimum atomic E-state index is -4.32. The Balaban J connectivity index is 2.17. The Bertz CT molecular complexity index is 1520. The lowest BCUT2D eigenvalue weighted by molar-refractivity contribution is -0.140. The summed E-state index contributed by atoms with van der Waals surface area (Å²) in [5.74, 6) is -0.463. The molecule has 0 aliphatic rings. The zero-order valence-electron chi connectivity index (χ0n) is 24.4. The molecule has 0 aliphatic heterocycles. The van der Waals surface area contributed by atoms with Crippen molar-refractivity contribution in [3.8, 4) is 11.5 Å². The Morgan fingerprint density at radius 2 is 1.52 bits per heavy atom. The molecule has 3 rings (SSSR count). The van der Waals surface area contributed by atoms with Gasteiger partial charge in [0, 0.05) is 35.3 Å². The van der Waals surface area contributed by atoms with E-state index in [1.54, 1.807) is 37.3 Å². The molecule has 0 aromatic heterocycles. The summed E-state index contributed by atoms with van der Waals surface area (Å²) >= 11 is 12.9. The molecule has 0 aliphatic carbocycles. The molecule has 226 valence electrons. The highest BCUT2D eigenvalue weighted by Gasteiger charge is 2.34. The maximum Gasteiger partial charge on any atom is 0.264 e. The summed E-state index contributed by atoms with van der Waals surface area (Å²) in [7, 11) is -0.000923. The van der Waals surface area contributed by atoms with Gasteiger partial charge in [-0.15, -0.1) is 0 Å². The number of ether oxygens (including phenoxy) is 2. The quantitative estimate of drug-likeness (QED) is 0.287. The van der Waals surface area contributed by atoms with Crippen LogP contribution in [0.3, 0.4) is 0 Å². The van der Waals surface area contributed by atoms with E-state index in [2.05, 4.69) is 5.32 Å². The normalized spacial score (nSPS) is 11.9. The molecule has 2 amide bonds. The number of sulfonamides is 1. The molecule has 12 heteroatoms. The lowest BCUT2D eigenvalue weighted by atomic mass is 10.1. The molecule has 0 heterocycles. The van der Waals surface area contributed by atoms with E-state index in [0.717, 1.165) is 15.4 Å². The van der Waals surface area contributed by atoms with Crippen LogP contribution in [0, 0.1) is 13.8 Å². The SMILES string of the molecule is CCC(C(=O)NC)N(Cc1c(Cl)cccc1Cl)C(=O)CN(c1cc(C)cc(C)c1)S(=O)(=O)c1ccc(OC)c(OC)c1. The molecule has 0 saturated heterocycles. The number of amides is 2. The van der Waals surface area contributed by atoms with E-state index in [0.29, 0.717) is 27.0 Å². The highest BCUT2D eigenvalue weighted by molar-refractivity contribution is 7.92. The van der Waals surface area contributed by atoms with Gasteiger partial charge in [0.1, 0.15) is 12.6 Å². The van der Waals surface area contributed by atoms with Crippen LogP contribution in [-0.4, -0.2) is 59.0 Å². The number of nitrogens with zero attached hydrogens (tertiary/aromatic N) is 2. The van der Waals surface area contributed by atoms with Crippen molar-refractivity contribution in [2.24, 2.45) is 0 Å². The first-order valence-electron chi connectivity index (χ1n) is 13.1. The second kappa shape index (κ2) is 14.1. The molecule has 1 atom stereocenters. The van der Waals surface area contributed by atoms with Crippen LogP contribution in [0.5, 0.6) is 11.5 Å². The zero-order valence-corrected chi connectivity index (χ0v) is 26.7. The number of aryl methyl sites for hydroxylation is 2. The molecule has 1 N–H and O–H groups in total. The smallest absolute Gasteiger partial charge is 0.264 e. The summed E-state index contributed by atoms with van der Waals surface area (Å²) in [6, 6.07) is 13.5. The molecule has 9 nitrogen and oxygen atoms in total. The Hall–Kier alpha value is -3.47. The first-order valence-corrected chi connectivity index (χ1v) is 15.3. The fourth-order valence-corrected chi connectivity index (χ4v) is 6.60. The predicted octanol–water partition coefficient (Wildman–Crippen LogP) is 5.38. The highest BCUT2D eigenvalue weighted by Crippen LogP contribution is 2.33. The monoisotopic (exact) mass is 635 g/mol. The molecule has 3 aromatic rings. The molecule has 3 aromatic carbocycles. The molecule has 0 spiro atoms. The third-order valence-corrected chi connectivity index (χ3v) is 9.22. The van der Waals surface area contributed by atoms with Crippen molar-refractivity contribution in [2.75, 3.05) is 32.1 Å². The lowest BCUT2D eigenvalue weighted by Crippen LogP contribution is -2.51. The minimum absolute atomic E-state index is 0.105. The summed E-state index contributed by atoms with van der Waals surface area (Å²) in [5.41, 5.74) is 2.35. The standard InChI is InChI=1S/C30H35Cl2N3O6S/c1-7-26(30(37)33-4)34(17-23-24(31)9-8-10-25(23)32)29(36)18-35(21-14-19(2)13-20(3)15-21)42(38,39)22-11-12-27(40-5)28(16-22)41-6/h8-16,26H,7,17-18H2,1-6H3,(H,33,37). The zero-order chi connectivity index (χ0) is 31.2. The van der Waals surface area contributed by atoms with Crippen molar-refractivity contribution in [1.29, 1.82) is 0 Å². The molecule has 0 fully saturated rings. The van der Waals surface area contributed by atoms with Gasteiger partial charge in [-0.2, -0.15) is 0 Å². The summed E-state index contributed by atoms with van der Waals surface area (Å²) < 4.78 is 40.1. The number of methoxy groups -OCH3 is 2. The number of nitrogens with one attached hydrogen (secondary N) is 1. The van der Waals surface area contributed by atoms with Gasteiger partial charge in [-0.1, -0.05) is 42.3 Å². The Morgan fingerprint density at radius 1 is 0.929 bits per heavy atom. The van der Waals surface area contributed by atoms with Crippen LogP contribution in [0.4, 0.5) is 5.69 Å². The van der Waals surface area contributed by atoms with Gasteiger partial charge in [-0.05, 0) is 67.8 Å². The third-order valence-electron chi connectivity index (χ3n) is 6.74. The van der Waals surface area contributed by atoms with Crippen LogP contribution >= 0.6 is 23.2 Å². The van der Waals surface area contributed by atoms with Gasteiger partial charge in [-0.3, -0.25) is 13.9 Å². The molecular formula is C30H35Cl2N3O6S.